The van der Waals surface area contributed by atoms with Crippen molar-refractivity contribution >= 4 is 12.6 Å². The maximum atomic E-state index is 14.3. The first-order valence-corrected chi connectivity index (χ1v) is 5.58. The molecule has 0 amide bonds. The second kappa shape index (κ2) is 4.36. The Bertz CT molecular complexity index is 507. The van der Waals surface area contributed by atoms with Crippen LogP contribution in [0.3, 0.4) is 0 Å². The number of aromatic nitrogens is 1. The maximum absolute atomic E-state index is 14.3. The molecule has 1 aromatic heterocycles. The van der Waals surface area contributed by atoms with Crippen LogP contribution in [0.1, 0.15) is 6.42 Å². The van der Waals surface area contributed by atoms with Crippen LogP contribution in [-0.4, -0.2) is 22.7 Å². The van der Waals surface area contributed by atoms with Gasteiger partial charge >= 0.3 is 17.7 Å². The molecular formula is C11H8F5NOS. The van der Waals surface area contributed by atoms with Crippen molar-refractivity contribution in [3.63, 3.8) is 0 Å². The molecule has 1 atom stereocenters. The molecule has 1 aromatic rings. The number of nitrogens with zero attached hydrogens (tertiary/aromatic N) is 1. The van der Waals surface area contributed by atoms with Crippen LogP contribution in [0.4, 0.5) is 22.0 Å². The first kappa shape index (κ1) is 14.1. The van der Waals surface area contributed by atoms with Crippen LogP contribution >= 0.6 is 12.6 Å². The lowest BCUT2D eigenvalue weighted by molar-refractivity contribution is -0.311. The molecule has 0 radical (unpaired) electrons. The number of hydrogen-bond acceptors (Lipinski definition) is 3. The van der Waals surface area contributed by atoms with Crippen LogP contribution in [-0.2, 0) is 0 Å². The minimum Gasteiger partial charge on any atom is -0.448 e. The van der Waals surface area contributed by atoms with Crippen LogP contribution in [0.2, 0.25) is 0 Å². The number of ether oxygens (including phenoxy) is 1. The summed E-state index contributed by atoms with van der Waals surface area (Å²) >= 11 is 3.50. The molecule has 0 aliphatic heterocycles. The van der Waals surface area contributed by atoms with Gasteiger partial charge in [-0.2, -0.15) is 22.0 Å². The van der Waals surface area contributed by atoms with Crippen molar-refractivity contribution in [1.82, 2.24) is 4.98 Å². The molecule has 0 fully saturated rings. The van der Waals surface area contributed by atoms with E-state index in [0.29, 0.717) is 6.08 Å². The third-order valence-electron chi connectivity index (χ3n) is 2.65. The average Bonchev–Trinajstić information content (AvgIpc) is 2.35. The number of hydrogen-bond donors (Lipinski definition) is 1. The number of alkyl halides is 5. The predicted molar refractivity (Wildman–Crippen MR) is 60.3 cm³/mol. The van der Waals surface area contributed by atoms with Gasteiger partial charge in [0.25, 0.3) is 0 Å². The molecule has 0 spiro atoms. The minimum absolute atomic E-state index is 0.352. The summed E-state index contributed by atoms with van der Waals surface area (Å²) < 4.78 is 72.3. The maximum Gasteiger partial charge on any atom is 0.383 e. The van der Waals surface area contributed by atoms with Gasteiger partial charge in [0.2, 0.25) is 0 Å². The average molecular weight is 297 g/mol. The lowest BCUT2D eigenvalue weighted by Gasteiger charge is -2.40. The Morgan fingerprint density at radius 3 is 2.26 bits per heavy atom. The van der Waals surface area contributed by atoms with E-state index in [-0.39, 0.29) is 5.75 Å². The van der Waals surface area contributed by atoms with E-state index < -0.39 is 29.0 Å². The third kappa shape index (κ3) is 2.07. The molecule has 104 valence electrons. The first-order valence-electron chi connectivity index (χ1n) is 5.14. The van der Waals surface area contributed by atoms with Crippen LogP contribution in [0, 0.1) is 0 Å². The molecule has 8 heteroatoms. The molecular weight excluding hydrogens is 289 g/mol. The van der Waals surface area contributed by atoms with Gasteiger partial charge in [-0.25, -0.2) is 0 Å². The van der Waals surface area contributed by atoms with Crippen LogP contribution in [0.15, 0.2) is 35.5 Å². The summed E-state index contributed by atoms with van der Waals surface area (Å²) in [5, 5.41) is 0. The van der Waals surface area contributed by atoms with Crippen molar-refractivity contribution in [2.75, 3.05) is 0 Å². The molecule has 0 N–H and O–H groups in total. The lowest BCUT2D eigenvalue weighted by Crippen LogP contribution is -2.61. The quantitative estimate of drug-likeness (QED) is 0.665. The molecule has 19 heavy (non-hydrogen) atoms. The second-order valence-corrected chi connectivity index (χ2v) is 4.43. The van der Waals surface area contributed by atoms with Gasteiger partial charge in [0, 0.05) is 18.8 Å². The zero-order valence-electron chi connectivity index (χ0n) is 9.29. The topological polar surface area (TPSA) is 22.1 Å². The van der Waals surface area contributed by atoms with Crippen molar-refractivity contribution in [2.24, 2.45) is 0 Å². The van der Waals surface area contributed by atoms with Gasteiger partial charge in [-0.3, -0.25) is 4.98 Å². The molecule has 1 aliphatic rings. The van der Waals surface area contributed by atoms with Crippen molar-refractivity contribution in [3.8, 4) is 5.75 Å². The summed E-state index contributed by atoms with van der Waals surface area (Å²) in [6.45, 7) is 0. The Kier molecular flexibility index (Phi) is 3.24. The van der Waals surface area contributed by atoms with E-state index >= 15 is 0 Å². The zero-order chi connectivity index (χ0) is 14.3. The second-order valence-electron chi connectivity index (χ2n) is 3.95. The molecule has 0 saturated carbocycles. The fraction of sp³-hybridized carbons (Fsp3) is 0.364. The van der Waals surface area contributed by atoms with E-state index in [1.165, 1.54) is 0 Å². The van der Waals surface area contributed by atoms with Crippen LogP contribution in [0.5, 0.6) is 5.75 Å². The lowest BCUT2D eigenvalue weighted by atomic mass is 9.93. The highest BCUT2D eigenvalue weighted by atomic mass is 32.1. The molecule has 1 unspecified atom stereocenters. The molecule has 1 heterocycles. The molecule has 0 saturated heterocycles. The largest absolute Gasteiger partial charge is 0.448 e. The van der Waals surface area contributed by atoms with E-state index in [0.717, 1.165) is 24.5 Å². The molecule has 2 nitrogen and oxygen atoms in total. The molecule has 0 bridgehead atoms. The number of rotatable bonds is 2. The first-order chi connectivity index (χ1) is 8.71. The van der Waals surface area contributed by atoms with Crippen molar-refractivity contribution in [1.29, 1.82) is 0 Å². The summed E-state index contributed by atoms with van der Waals surface area (Å²) in [4.78, 5) is 2.68. The fourth-order valence-corrected chi connectivity index (χ4v) is 1.84. The molecule has 0 aromatic carbocycles. The van der Waals surface area contributed by atoms with E-state index in [4.69, 9.17) is 0 Å². The molecule has 2 rings (SSSR count). The van der Waals surface area contributed by atoms with Crippen molar-refractivity contribution in [2.45, 2.75) is 24.1 Å². The third-order valence-corrected chi connectivity index (χ3v) is 3.12. The smallest absolute Gasteiger partial charge is 0.383 e. The summed E-state index contributed by atoms with van der Waals surface area (Å²) in [6.07, 6.45) is 1.59. The normalized spacial score (nSPS) is 28.6. The monoisotopic (exact) mass is 297 g/mol. The van der Waals surface area contributed by atoms with E-state index in [2.05, 4.69) is 22.3 Å². The van der Waals surface area contributed by atoms with Gasteiger partial charge < -0.3 is 4.74 Å². The summed E-state index contributed by atoms with van der Waals surface area (Å²) in [5.74, 6) is -14.0. The van der Waals surface area contributed by atoms with Gasteiger partial charge in [0.1, 0.15) is 5.75 Å². The van der Waals surface area contributed by atoms with E-state index in [1.54, 1.807) is 0 Å². The van der Waals surface area contributed by atoms with Gasteiger partial charge in [-0.05, 0) is 12.1 Å². The van der Waals surface area contributed by atoms with E-state index in [1.807, 2.05) is 0 Å². The van der Waals surface area contributed by atoms with Gasteiger partial charge in [0.15, 0.2) is 0 Å². The minimum atomic E-state index is -5.03. The number of pyridine rings is 1. The highest BCUT2D eigenvalue weighted by molar-refractivity contribution is 7.84. The summed E-state index contributed by atoms with van der Waals surface area (Å²) in [6, 6.07) is 2.15. The Morgan fingerprint density at radius 2 is 1.68 bits per heavy atom. The highest BCUT2D eigenvalue weighted by Crippen LogP contribution is 2.54. The summed E-state index contributed by atoms with van der Waals surface area (Å²) in [7, 11) is 0. The fourth-order valence-electron chi connectivity index (χ4n) is 1.57. The van der Waals surface area contributed by atoms with E-state index in [9.17, 15) is 22.0 Å². The SMILES string of the molecule is FC1(F)CC=C(S)C(F)(Oc2ccncc2)C1(F)F. The predicted octanol–water partition coefficient (Wildman–Crippen LogP) is 3.61. The Morgan fingerprint density at radius 1 is 1.11 bits per heavy atom. The number of allylic oxidation sites excluding steroid dienone is 1. The highest BCUT2D eigenvalue weighted by Gasteiger charge is 2.74. The van der Waals surface area contributed by atoms with Gasteiger partial charge in [0.05, 0.1) is 4.91 Å². The van der Waals surface area contributed by atoms with Crippen molar-refractivity contribution in [3.05, 3.63) is 35.5 Å². The van der Waals surface area contributed by atoms with Crippen LogP contribution < -0.4 is 4.74 Å². The van der Waals surface area contributed by atoms with Gasteiger partial charge in [-0.1, -0.05) is 6.08 Å². The van der Waals surface area contributed by atoms with Crippen LogP contribution in [0.25, 0.3) is 0 Å². The molecule has 1 aliphatic carbocycles. The zero-order valence-corrected chi connectivity index (χ0v) is 10.2. The number of thiol groups is 1. The Labute approximate surface area is 110 Å². The Hall–Kier alpha value is -1.31. The summed E-state index contributed by atoms with van der Waals surface area (Å²) in [5.41, 5.74) is 0. The standard InChI is InChI=1S/C11H8F5NOS/c12-9(13)4-1-8(19)10(14,11(9,15)16)18-7-2-5-17-6-3-7/h1-3,5-6,19H,4H2. The van der Waals surface area contributed by atoms with Gasteiger partial charge in [-0.15, -0.1) is 12.6 Å². The number of halogens is 5. The Balaban J connectivity index is 2.44. The van der Waals surface area contributed by atoms with Crippen molar-refractivity contribution < 1.29 is 26.7 Å².